The van der Waals surface area contributed by atoms with Crippen molar-refractivity contribution in [2.45, 2.75) is 87.1 Å². The Morgan fingerprint density at radius 2 is 1.17 bits per heavy atom. The summed E-state index contributed by atoms with van der Waals surface area (Å²) in [5.74, 6) is 0. The van der Waals surface area contributed by atoms with Crippen LogP contribution in [0.1, 0.15) is 103 Å². The summed E-state index contributed by atoms with van der Waals surface area (Å²) in [6, 6.07) is 66.2. The first-order valence-corrected chi connectivity index (χ1v) is 25.7. The van der Waals surface area contributed by atoms with Gasteiger partial charge in [-0.25, -0.2) is 0 Å². The maximum Gasteiger partial charge on any atom is 0.0178 e. The average molecular weight is 912 g/mol. The molecule has 0 heterocycles. The quantitative estimate of drug-likeness (QED) is 0.171. The Hall–Kier alpha value is -7.32. The van der Waals surface area contributed by atoms with Crippen molar-refractivity contribution in [2.24, 2.45) is 5.73 Å². The van der Waals surface area contributed by atoms with E-state index < -0.39 is 0 Å². The van der Waals surface area contributed by atoms with E-state index in [0.29, 0.717) is 6.54 Å². The Kier molecular flexibility index (Phi) is 16.4. The second-order valence-electron chi connectivity index (χ2n) is 17.9. The van der Waals surface area contributed by atoms with E-state index >= 15 is 0 Å². The highest BCUT2D eigenvalue weighted by atomic mass is 14.5. The van der Waals surface area contributed by atoms with Crippen molar-refractivity contribution < 1.29 is 0 Å². The molecule has 9 aromatic carbocycles. The zero-order valence-corrected chi connectivity index (χ0v) is 42.4. The average Bonchev–Trinajstić information content (AvgIpc) is 3.82. The van der Waals surface area contributed by atoms with Crippen molar-refractivity contribution >= 4 is 38.8 Å². The minimum Gasteiger partial charge on any atom is -0.326 e. The predicted octanol–water partition coefficient (Wildman–Crippen LogP) is 18.8. The molecule has 0 saturated heterocycles. The maximum atomic E-state index is 5.35. The van der Waals surface area contributed by atoms with Crippen LogP contribution in [0.25, 0.3) is 72.1 Å². The summed E-state index contributed by atoms with van der Waals surface area (Å²) < 4.78 is 0. The molecule has 3 aliphatic rings. The Morgan fingerprint density at radius 3 is 1.87 bits per heavy atom. The van der Waals surface area contributed by atoms with Crippen LogP contribution >= 0.6 is 0 Å². The lowest BCUT2D eigenvalue weighted by Crippen LogP contribution is -2.04. The molecule has 0 spiro atoms. The van der Waals surface area contributed by atoms with Crippen molar-refractivity contribution in [1.82, 2.24) is 0 Å². The fraction of sp³-hybridized carbons (Fsp3) is 0.188. The van der Waals surface area contributed by atoms with Gasteiger partial charge in [0, 0.05) is 6.54 Å². The van der Waals surface area contributed by atoms with Gasteiger partial charge in [0.2, 0.25) is 0 Å². The van der Waals surface area contributed by atoms with Gasteiger partial charge in [-0.15, -0.1) is 0 Å². The van der Waals surface area contributed by atoms with E-state index in [1.807, 2.05) is 76.2 Å². The first kappa shape index (κ1) is 49.1. The van der Waals surface area contributed by atoms with E-state index in [1.54, 1.807) is 0 Å². The lowest BCUT2D eigenvalue weighted by atomic mass is 9.80. The first-order chi connectivity index (χ1) is 34.5. The van der Waals surface area contributed by atoms with Crippen LogP contribution in [0.15, 0.2) is 200 Å². The molecule has 1 nitrogen and oxygen atoms in total. The third-order valence-electron chi connectivity index (χ3n) is 13.6. The number of allylic oxidation sites excluding steroid dienone is 5. The molecular formula is C69H69N. The summed E-state index contributed by atoms with van der Waals surface area (Å²) in [5.41, 5.74) is 30.0. The molecule has 0 aliphatic heterocycles. The summed E-state index contributed by atoms with van der Waals surface area (Å²) >= 11 is 0. The van der Waals surface area contributed by atoms with Crippen molar-refractivity contribution in [3.63, 3.8) is 0 Å². The van der Waals surface area contributed by atoms with Crippen LogP contribution in [0.2, 0.25) is 0 Å². The summed E-state index contributed by atoms with van der Waals surface area (Å²) in [6.45, 7) is 15.3. The Balaban J connectivity index is 0.000000293. The lowest BCUT2D eigenvalue weighted by Gasteiger charge is -2.23. The van der Waals surface area contributed by atoms with Crippen LogP contribution in [0.4, 0.5) is 0 Å². The molecule has 0 fully saturated rings. The number of aryl methyl sites for hydroxylation is 3. The summed E-state index contributed by atoms with van der Waals surface area (Å²) in [5, 5.41) is 5.47. The van der Waals surface area contributed by atoms with E-state index in [4.69, 9.17) is 5.73 Å². The molecule has 70 heavy (non-hydrogen) atoms. The third kappa shape index (κ3) is 10.3. The van der Waals surface area contributed by atoms with E-state index in [0.717, 1.165) is 32.1 Å². The van der Waals surface area contributed by atoms with Gasteiger partial charge in [0.25, 0.3) is 0 Å². The van der Waals surface area contributed by atoms with Crippen LogP contribution in [-0.2, 0) is 25.8 Å². The van der Waals surface area contributed by atoms with Gasteiger partial charge in [-0.2, -0.15) is 0 Å². The maximum absolute atomic E-state index is 5.35. The second-order valence-corrected chi connectivity index (χ2v) is 17.9. The van der Waals surface area contributed by atoms with Crippen LogP contribution in [0, 0.1) is 13.8 Å². The monoisotopic (exact) mass is 912 g/mol. The van der Waals surface area contributed by atoms with Gasteiger partial charge in [-0.3, -0.25) is 0 Å². The summed E-state index contributed by atoms with van der Waals surface area (Å²) in [6.07, 6.45) is 14.7. The number of hydrogen-bond donors (Lipinski definition) is 1. The predicted molar refractivity (Wildman–Crippen MR) is 307 cm³/mol. The van der Waals surface area contributed by atoms with Crippen LogP contribution in [-0.4, -0.2) is 0 Å². The molecular weight excluding hydrogens is 843 g/mol. The highest BCUT2D eigenvalue weighted by Crippen LogP contribution is 2.47. The molecule has 9 aromatic rings. The van der Waals surface area contributed by atoms with E-state index in [1.165, 1.54) is 122 Å². The highest BCUT2D eigenvalue weighted by Gasteiger charge is 2.26. The molecule has 12 rings (SSSR count). The molecule has 0 unspecified atom stereocenters. The lowest BCUT2D eigenvalue weighted by molar-refractivity contribution is 1.00. The third-order valence-corrected chi connectivity index (χ3v) is 13.6. The molecule has 3 aliphatic carbocycles. The number of fused-ring (bicyclic) bond motifs is 12. The smallest absolute Gasteiger partial charge is 0.0178 e. The van der Waals surface area contributed by atoms with Crippen LogP contribution < -0.4 is 5.73 Å². The highest BCUT2D eigenvalue weighted by molar-refractivity contribution is 6.14. The van der Waals surface area contributed by atoms with E-state index in [-0.39, 0.29) is 0 Å². The molecule has 0 saturated carbocycles. The van der Waals surface area contributed by atoms with Gasteiger partial charge in [-0.05, 0) is 180 Å². The van der Waals surface area contributed by atoms with Gasteiger partial charge in [0.15, 0.2) is 0 Å². The Labute approximate surface area is 418 Å². The fourth-order valence-corrected chi connectivity index (χ4v) is 10.5. The number of rotatable bonds is 5. The molecule has 0 radical (unpaired) electrons. The van der Waals surface area contributed by atoms with Crippen molar-refractivity contribution in [2.75, 3.05) is 0 Å². The molecule has 0 amide bonds. The van der Waals surface area contributed by atoms with Crippen molar-refractivity contribution in [3.8, 4) is 33.4 Å². The van der Waals surface area contributed by atoms with Gasteiger partial charge in [0.05, 0.1) is 0 Å². The molecule has 0 aromatic heterocycles. The molecule has 2 N–H and O–H groups in total. The number of benzene rings is 9. The van der Waals surface area contributed by atoms with E-state index in [9.17, 15) is 0 Å². The standard InChI is InChI=1S/C51H40.C7H9N.C7H8.2C2H6/c1-3-13-34(26-38-27-35-15-4-5-17-39(35)41-19-7-6-18-40(38)41)47-30-37(31-50-49(47)29-36-16-12-14-32(2)51(36)50)33-24-25-46-44-22-9-8-20-42(44)43-21-10-11-23-45(43)48(46)28-33;8-6-7-4-2-1-3-5-7;1-7-5-3-2-4-6-7;2*1-2/h4-10,12-22,24-26,28,30-31H,3,11,23,27,29H2,1-2H3;1-5H,6,8H2;2-6H,1H3;2*1-2H3/b34-13+,38-26+;;;;. The SMILES string of the molecule is CC.CC.CC/C=C(\C=C1/Cc2ccccc2-c2ccccc21)c1cc(-c2ccc3c(c2)c2c(c4ccccc43)C=CCC2)cc2c1Cc1cccc(C)c1-2.Cc1ccccc1.NCc1ccccc1. The van der Waals surface area contributed by atoms with Crippen LogP contribution in [0.5, 0.6) is 0 Å². The van der Waals surface area contributed by atoms with Gasteiger partial charge >= 0.3 is 0 Å². The minimum atomic E-state index is 0.640. The minimum absolute atomic E-state index is 0.640. The first-order valence-electron chi connectivity index (χ1n) is 25.7. The van der Waals surface area contributed by atoms with Crippen molar-refractivity contribution in [1.29, 1.82) is 0 Å². The zero-order chi connectivity index (χ0) is 49.0. The largest absolute Gasteiger partial charge is 0.326 e. The normalized spacial score (nSPS) is 13.1. The Bertz CT molecular complexity index is 3330. The fourth-order valence-electron chi connectivity index (χ4n) is 10.5. The summed E-state index contributed by atoms with van der Waals surface area (Å²) in [7, 11) is 0. The molecule has 1 heteroatoms. The Morgan fingerprint density at radius 1 is 0.529 bits per heavy atom. The molecule has 350 valence electrons. The van der Waals surface area contributed by atoms with Gasteiger partial charge in [0.1, 0.15) is 0 Å². The van der Waals surface area contributed by atoms with Gasteiger partial charge in [-0.1, -0.05) is 228 Å². The van der Waals surface area contributed by atoms with E-state index in [2.05, 4.69) is 179 Å². The topological polar surface area (TPSA) is 26.0 Å². The zero-order valence-electron chi connectivity index (χ0n) is 42.4. The van der Waals surface area contributed by atoms with Gasteiger partial charge < -0.3 is 5.73 Å². The second kappa shape index (κ2) is 23.3. The molecule has 0 bridgehead atoms. The number of nitrogens with two attached hydrogens (primary N) is 1. The molecule has 0 atom stereocenters. The van der Waals surface area contributed by atoms with Crippen molar-refractivity contribution in [3.05, 3.63) is 256 Å². The summed E-state index contributed by atoms with van der Waals surface area (Å²) in [4.78, 5) is 0. The number of hydrogen-bond acceptors (Lipinski definition) is 1. The van der Waals surface area contributed by atoms with Crippen LogP contribution in [0.3, 0.4) is 0 Å².